The van der Waals surface area contributed by atoms with Crippen LogP contribution in [0.1, 0.15) is 16.1 Å². The number of benzene rings is 2. The topological polar surface area (TPSA) is 88.4 Å². The number of para-hydroxylation sites is 1. The lowest BCUT2D eigenvalue weighted by molar-refractivity contribution is 0.102. The van der Waals surface area contributed by atoms with Gasteiger partial charge in [0.25, 0.3) is 5.91 Å². The number of nitrogens with one attached hydrogen (secondary N) is 2. The highest BCUT2D eigenvalue weighted by molar-refractivity contribution is 7.89. The number of furan rings is 1. The molecule has 0 radical (unpaired) electrons. The number of halogens is 2. The van der Waals surface area contributed by atoms with Crippen LogP contribution in [0.4, 0.5) is 14.5 Å². The van der Waals surface area contributed by atoms with Gasteiger partial charge in [0.2, 0.25) is 10.0 Å². The minimum Gasteiger partial charge on any atom is -0.468 e. The fourth-order valence-corrected chi connectivity index (χ4v) is 3.24. The molecule has 1 aromatic heterocycles. The Balaban J connectivity index is 1.71. The Hall–Kier alpha value is -3.04. The predicted molar refractivity (Wildman–Crippen MR) is 93.5 cm³/mol. The lowest BCUT2D eigenvalue weighted by Gasteiger charge is -2.09. The first-order valence-corrected chi connectivity index (χ1v) is 9.22. The van der Waals surface area contributed by atoms with Gasteiger partial charge in [-0.15, -0.1) is 0 Å². The Bertz CT molecular complexity index is 1030. The average molecular weight is 392 g/mol. The molecule has 9 heteroatoms. The van der Waals surface area contributed by atoms with Gasteiger partial charge in [-0.05, 0) is 48.5 Å². The van der Waals surface area contributed by atoms with Crippen LogP contribution >= 0.6 is 0 Å². The molecule has 27 heavy (non-hydrogen) atoms. The number of rotatable bonds is 6. The van der Waals surface area contributed by atoms with Crippen molar-refractivity contribution >= 4 is 21.6 Å². The zero-order valence-corrected chi connectivity index (χ0v) is 14.6. The average Bonchev–Trinajstić information content (AvgIpc) is 3.17. The maximum Gasteiger partial charge on any atom is 0.255 e. The summed E-state index contributed by atoms with van der Waals surface area (Å²) < 4.78 is 59.1. The highest BCUT2D eigenvalue weighted by atomic mass is 32.2. The molecular weight excluding hydrogens is 378 g/mol. The van der Waals surface area contributed by atoms with Crippen LogP contribution in [-0.4, -0.2) is 14.3 Å². The molecule has 0 bridgehead atoms. The molecule has 0 aliphatic heterocycles. The molecule has 0 atom stereocenters. The van der Waals surface area contributed by atoms with Crippen molar-refractivity contribution in [1.82, 2.24) is 4.72 Å². The Morgan fingerprint density at radius 3 is 2.22 bits per heavy atom. The molecule has 0 saturated heterocycles. The summed E-state index contributed by atoms with van der Waals surface area (Å²) in [6.07, 6.45) is 1.43. The van der Waals surface area contributed by atoms with Gasteiger partial charge in [0.1, 0.15) is 23.1 Å². The molecule has 0 aliphatic carbocycles. The zero-order chi connectivity index (χ0) is 19.4. The SMILES string of the molecule is O=C(Nc1c(F)cccc1F)c1ccc(S(=O)(=O)NCc2ccco2)cc1. The fourth-order valence-electron chi connectivity index (χ4n) is 2.25. The first-order valence-electron chi connectivity index (χ1n) is 7.74. The number of carbonyl (C=O) groups excluding carboxylic acids is 1. The number of amides is 1. The van der Waals surface area contributed by atoms with Gasteiger partial charge in [-0.1, -0.05) is 6.07 Å². The van der Waals surface area contributed by atoms with Crippen LogP contribution in [0.25, 0.3) is 0 Å². The lowest BCUT2D eigenvalue weighted by Crippen LogP contribution is -2.23. The molecule has 6 nitrogen and oxygen atoms in total. The van der Waals surface area contributed by atoms with Crippen LogP contribution in [0.5, 0.6) is 0 Å². The van der Waals surface area contributed by atoms with Gasteiger partial charge >= 0.3 is 0 Å². The van der Waals surface area contributed by atoms with E-state index >= 15 is 0 Å². The van der Waals surface area contributed by atoms with Gasteiger partial charge in [0.15, 0.2) is 0 Å². The van der Waals surface area contributed by atoms with Crippen molar-refractivity contribution in [2.45, 2.75) is 11.4 Å². The van der Waals surface area contributed by atoms with E-state index < -0.39 is 33.3 Å². The molecule has 3 rings (SSSR count). The van der Waals surface area contributed by atoms with Crippen LogP contribution in [0.2, 0.25) is 0 Å². The smallest absolute Gasteiger partial charge is 0.255 e. The van der Waals surface area contributed by atoms with Gasteiger partial charge < -0.3 is 9.73 Å². The summed E-state index contributed by atoms with van der Waals surface area (Å²) in [5.41, 5.74) is -0.526. The summed E-state index contributed by atoms with van der Waals surface area (Å²) in [5, 5.41) is 2.13. The van der Waals surface area contributed by atoms with Gasteiger partial charge in [-0.2, -0.15) is 0 Å². The summed E-state index contributed by atoms with van der Waals surface area (Å²) >= 11 is 0. The predicted octanol–water partition coefficient (Wildman–Crippen LogP) is 3.29. The van der Waals surface area contributed by atoms with Crippen LogP contribution in [-0.2, 0) is 16.6 Å². The van der Waals surface area contributed by atoms with E-state index in [-0.39, 0.29) is 17.0 Å². The van der Waals surface area contributed by atoms with Gasteiger partial charge in [-0.25, -0.2) is 21.9 Å². The van der Waals surface area contributed by atoms with Crippen molar-refractivity contribution < 1.29 is 26.4 Å². The van der Waals surface area contributed by atoms with E-state index in [2.05, 4.69) is 10.0 Å². The Morgan fingerprint density at radius 1 is 0.963 bits per heavy atom. The van der Waals surface area contributed by atoms with Crippen LogP contribution in [0, 0.1) is 11.6 Å². The minimum absolute atomic E-state index is 0.0237. The molecule has 0 spiro atoms. The number of hydrogen-bond acceptors (Lipinski definition) is 4. The van der Waals surface area contributed by atoms with Gasteiger partial charge in [0.05, 0.1) is 17.7 Å². The molecule has 2 aromatic carbocycles. The molecule has 1 amide bonds. The number of hydrogen-bond donors (Lipinski definition) is 2. The first-order chi connectivity index (χ1) is 12.9. The molecule has 3 aromatic rings. The van der Waals surface area contributed by atoms with Crippen molar-refractivity contribution in [3.63, 3.8) is 0 Å². The van der Waals surface area contributed by atoms with E-state index in [4.69, 9.17) is 4.42 Å². The Kier molecular flexibility index (Phi) is 5.33. The van der Waals surface area contributed by atoms with E-state index in [0.29, 0.717) is 5.76 Å². The van der Waals surface area contributed by atoms with Crippen molar-refractivity contribution in [1.29, 1.82) is 0 Å². The second-order valence-electron chi connectivity index (χ2n) is 5.48. The van der Waals surface area contributed by atoms with Crippen LogP contribution in [0.15, 0.2) is 70.2 Å². The lowest BCUT2D eigenvalue weighted by atomic mass is 10.2. The third kappa shape index (κ3) is 4.39. The third-order valence-corrected chi connectivity index (χ3v) is 5.06. The molecular formula is C18H14F2N2O4S. The van der Waals surface area contributed by atoms with E-state index in [0.717, 1.165) is 12.1 Å². The van der Waals surface area contributed by atoms with Crippen LogP contribution < -0.4 is 10.0 Å². The van der Waals surface area contributed by atoms with Crippen LogP contribution in [0.3, 0.4) is 0 Å². The maximum atomic E-state index is 13.6. The Labute approximate surface area is 153 Å². The summed E-state index contributed by atoms with van der Waals surface area (Å²) in [6, 6.07) is 11.4. The molecule has 0 unspecified atom stereocenters. The van der Waals surface area contributed by atoms with E-state index in [1.54, 1.807) is 12.1 Å². The Morgan fingerprint density at radius 2 is 1.63 bits per heavy atom. The number of sulfonamides is 1. The molecule has 1 heterocycles. The largest absolute Gasteiger partial charge is 0.468 e. The normalized spacial score (nSPS) is 11.3. The van der Waals surface area contributed by atoms with Crippen molar-refractivity contribution in [2.24, 2.45) is 0 Å². The second kappa shape index (κ2) is 7.68. The highest BCUT2D eigenvalue weighted by Crippen LogP contribution is 2.19. The third-order valence-electron chi connectivity index (χ3n) is 3.64. The van der Waals surface area contributed by atoms with Crippen molar-refractivity contribution in [2.75, 3.05) is 5.32 Å². The molecule has 2 N–H and O–H groups in total. The molecule has 0 saturated carbocycles. The maximum absolute atomic E-state index is 13.6. The monoisotopic (exact) mass is 392 g/mol. The number of carbonyl (C=O) groups is 1. The molecule has 0 fully saturated rings. The summed E-state index contributed by atoms with van der Waals surface area (Å²) in [7, 11) is -3.81. The molecule has 0 aliphatic rings. The zero-order valence-electron chi connectivity index (χ0n) is 13.8. The second-order valence-corrected chi connectivity index (χ2v) is 7.25. The summed E-state index contributed by atoms with van der Waals surface area (Å²) in [5.74, 6) is -2.15. The van der Waals surface area contributed by atoms with E-state index in [1.165, 1.54) is 36.6 Å². The number of anilines is 1. The van der Waals surface area contributed by atoms with Crippen molar-refractivity contribution in [3.05, 3.63) is 83.8 Å². The van der Waals surface area contributed by atoms with Gasteiger partial charge in [0, 0.05) is 5.56 Å². The fraction of sp³-hybridized carbons (Fsp3) is 0.0556. The van der Waals surface area contributed by atoms with E-state index in [1.807, 2.05) is 0 Å². The molecule has 140 valence electrons. The van der Waals surface area contributed by atoms with Crippen molar-refractivity contribution in [3.8, 4) is 0 Å². The summed E-state index contributed by atoms with van der Waals surface area (Å²) in [4.78, 5) is 12.1. The highest BCUT2D eigenvalue weighted by Gasteiger charge is 2.17. The quantitative estimate of drug-likeness (QED) is 0.674. The van der Waals surface area contributed by atoms with Gasteiger partial charge in [-0.3, -0.25) is 4.79 Å². The van der Waals surface area contributed by atoms with E-state index in [9.17, 15) is 22.0 Å². The minimum atomic E-state index is -3.81. The standard InChI is InChI=1S/C18H14F2N2O4S/c19-15-4-1-5-16(20)17(15)22-18(23)12-6-8-14(9-7-12)27(24,25)21-11-13-3-2-10-26-13/h1-10,21H,11H2,(H,22,23). The first kappa shape index (κ1) is 18.7. The summed E-state index contributed by atoms with van der Waals surface area (Å²) in [6.45, 7) is -0.0237.